The average Bonchev–Trinajstić information content (AvgIpc) is 3.11. The lowest BCUT2D eigenvalue weighted by Crippen LogP contribution is -1.90. The van der Waals surface area contributed by atoms with Crippen LogP contribution in [0.3, 0.4) is 0 Å². The highest BCUT2D eigenvalue weighted by atomic mass is 15.0. The first-order valence-corrected chi connectivity index (χ1v) is 8.46. The van der Waals surface area contributed by atoms with Crippen molar-refractivity contribution in [2.75, 3.05) is 5.73 Å². The summed E-state index contributed by atoms with van der Waals surface area (Å²) >= 11 is 0. The fourth-order valence-electron chi connectivity index (χ4n) is 3.26. The lowest BCUT2D eigenvalue weighted by atomic mass is 10.1. The Morgan fingerprint density at radius 2 is 1.58 bits per heavy atom. The van der Waals surface area contributed by atoms with Crippen LogP contribution in [0.5, 0.6) is 0 Å². The quantitative estimate of drug-likeness (QED) is 0.471. The molecule has 3 aromatic heterocycles. The van der Waals surface area contributed by atoms with Crippen molar-refractivity contribution in [3.8, 4) is 22.4 Å². The molecule has 0 saturated heterocycles. The van der Waals surface area contributed by atoms with Crippen LogP contribution in [-0.4, -0.2) is 14.4 Å². The van der Waals surface area contributed by atoms with Gasteiger partial charge in [-0.15, -0.1) is 0 Å². The summed E-state index contributed by atoms with van der Waals surface area (Å²) in [6.07, 6.45) is 5.85. The van der Waals surface area contributed by atoms with Gasteiger partial charge in [0.25, 0.3) is 0 Å². The van der Waals surface area contributed by atoms with Crippen LogP contribution >= 0.6 is 0 Å². The third-order valence-corrected chi connectivity index (χ3v) is 4.64. The molecule has 2 aromatic carbocycles. The summed E-state index contributed by atoms with van der Waals surface area (Å²) in [5.41, 5.74) is 12.8. The topological polar surface area (TPSA) is 56.2 Å². The standard InChI is InChI=1S/C22H16N4/c23-19-7-5-15(6-8-19)16-9-10-26-21(14-25-22(26)12-16)18-11-17-3-1-2-4-20(17)24-13-18/h1-14H,23H2. The summed E-state index contributed by atoms with van der Waals surface area (Å²) in [5, 5.41) is 1.12. The summed E-state index contributed by atoms with van der Waals surface area (Å²) < 4.78 is 2.09. The number of nitrogens with zero attached hydrogens (tertiary/aromatic N) is 3. The molecule has 4 heteroatoms. The molecule has 0 fully saturated rings. The number of hydrogen-bond acceptors (Lipinski definition) is 3. The number of imidazole rings is 1. The van der Waals surface area contributed by atoms with Gasteiger partial charge in [-0.2, -0.15) is 0 Å². The highest BCUT2D eigenvalue weighted by molar-refractivity contribution is 5.83. The van der Waals surface area contributed by atoms with E-state index in [1.54, 1.807) is 0 Å². The monoisotopic (exact) mass is 336 g/mol. The number of para-hydroxylation sites is 1. The van der Waals surface area contributed by atoms with Crippen molar-refractivity contribution in [2.45, 2.75) is 0 Å². The second kappa shape index (κ2) is 5.70. The Labute approximate surface area is 150 Å². The second-order valence-electron chi connectivity index (χ2n) is 6.33. The molecule has 0 atom stereocenters. The third-order valence-electron chi connectivity index (χ3n) is 4.64. The Balaban J connectivity index is 1.61. The van der Waals surface area contributed by atoms with Crippen molar-refractivity contribution >= 4 is 22.2 Å². The Morgan fingerprint density at radius 3 is 2.46 bits per heavy atom. The van der Waals surface area contributed by atoms with Crippen LogP contribution < -0.4 is 5.73 Å². The first-order chi connectivity index (χ1) is 12.8. The molecule has 4 nitrogen and oxygen atoms in total. The van der Waals surface area contributed by atoms with Gasteiger partial charge in [0, 0.05) is 29.0 Å². The van der Waals surface area contributed by atoms with Crippen molar-refractivity contribution in [2.24, 2.45) is 0 Å². The predicted octanol–water partition coefficient (Wildman–Crippen LogP) is 4.80. The zero-order valence-electron chi connectivity index (χ0n) is 14.0. The van der Waals surface area contributed by atoms with Crippen molar-refractivity contribution in [1.82, 2.24) is 14.4 Å². The Kier molecular flexibility index (Phi) is 3.22. The number of rotatable bonds is 2. The van der Waals surface area contributed by atoms with E-state index in [0.717, 1.165) is 44.6 Å². The minimum Gasteiger partial charge on any atom is -0.399 e. The summed E-state index contributed by atoms with van der Waals surface area (Å²) in [6.45, 7) is 0. The number of nitrogens with two attached hydrogens (primary N) is 1. The van der Waals surface area contributed by atoms with E-state index in [2.05, 4.69) is 44.8 Å². The van der Waals surface area contributed by atoms with E-state index in [0.29, 0.717) is 0 Å². The number of aromatic nitrogens is 3. The van der Waals surface area contributed by atoms with Crippen LogP contribution in [0, 0.1) is 0 Å². The molecule has 124 valence electrons. The van der Waals surface area contributed by atoms with Gasteiger partial charge in [0.15, 0.2) is 0 Å². The van der Waals surface area contributed by atoms with E-state index >= 15 is 0 Å². The molecular formula is C22H16N4. The third kappa shape index (κ3) is 2.40. The van der Waals surface area contributed by atoms with E-state index < -0.39 is 0 Å². The molecule has 3 heterocycles. The van der Waals surface area contributed by atoms with Gasteiger partial charge in [-0.3, -0.25) is 9.38 Å². The van der Waals surface area contributed by atoms with Gasteiger partial charge < -0.3 is 5.73 Å². The van der Waals surface area contributed by atoms with Gasteiger partial charge in [0.05, 0.1) is 17.4 Å². The number of anilines is 1. The lowest BCUT2D eigenvalue weighted by molar-refractivity contribution is 1.19. The van der Waals surface area contributed by atoms with Gasteiger partial charge in [-0.1, -0.05) is 30.3 Å². The van der Waals surface area contributed by atoms with Crippen LogP contribution in [0.1, 0.15) is 0 Å². The molecular weight excluding hydrogens is 320 g/mol. The molecule has 5 rings (SSSR count). The Hall–Kier alpha value is -3.66. The molecule has 5 aromatic rings. The number of fused-ring (bicyclic) bond motifs is 2. The van der Waals surface area contributed by atoms with Gasteiger partial charge in [-0.25, -0.2) is 4.98 Å². The van der Waals surface area contributed by atoms with E-state index in [9.17, 15) is 0 Å². The fourth-order valence-corrected chi connectivity index (χ4v) is 3.26. The van der Waals surface area contributed by atoms with E-state index in [4.69, 9.17) is 5.73 Å². The van der Waals surface area contributed by atoms with Crippen molar-refractivity contribution in [3.63, 3.8) is 0 Å². The molecule has 2 N–H and O–H groups in total. The number of hydrogen-bond donors (Lipinski definition) is 1. The van der Waals surface area contributed by atoms with E-state index in [1.165, 1.54) is 0 Å². The van der Waals surface area contributed by atoms with Crippen LogP contribution in [0.2, 0.25) is 0 Å². The maximum atomic E-state index is 5.78. The molecule has 0 aliphatic carbocycles. The predicted molar refractivity (Wildman–Crippen MR) is 106 cm³/mol. The number of benzene rings is 2. The Bertz CT molecular complexity index is 1240. The first kappa shape index (κ1) is 14.7. The van der Waals surface area contributed by atoms with Gasteiger partial charge in [-0.05, 0) is 47.5 Å². The lowest BCUT2D eigenvalue weighted by Gasteiger charge is -2.06. The van der Waals surface area contributed by atoms with Crippen LogP contribution in [0.25, 0.3) is 38.9 Å². The smallest absolute Gasteiger partial charge is 0.137 e. The molecule has 0 aliphatic heterocycles. The largest absolute Gasteiger partial charge is 0.399 e. The normalized spacial score (nSPS) is 11.2. The maximum absolute atomic E-state index is 5.78. The highest BCUT2D eigenvalue weighted by Gasteiger charge is 2.08. The van der Waals surface area contributed by atoms with Gasteiger partial charge in [0.2, 0.25) is 0 Å². The van der Waals surface area contributed by atoms with Crippen LogP contribution in [-0.2, 0) is 0 Å². The van der Waals surface area contributed by atoms with E-state index in [1.807, 2.05) is 54.9 Å². The van der Waals surface area contributed by atoms with Gasteiger partial charge >= 0.3 is 0 Å². The molecule has 0 bridgehead atoms. The SMILES string of the molecule is Nc1ccc(-c2ccn3c(-c4cnc5ccccc5c4)cnc3c2)cc1. The molecule has 0 aliphatic rings. The van der Waals surface area contributed by atoms with Crippen LogP contribution in [0.4, 0.5) is 5.69 Å². The average molecular weight is 336 g/mol. The summed E-state index contributed by atoms with van der Waals surface area (Å²) in [7, 11) is 0. The molecule has 0 radical (unpaired) electrons. The van der Waals surface area contributed by atoms with E-state index in [-0.39, 0.29) is 0 Å². The molecule has 26 heavy (non-hydrogen) atoms. The number of nitrogen functional groups attached to an aromatic ring is 1. The zero-order valence-corrected chi connectivity index (χ0v) is 14.0. The van der Waals surface area contributed by atoms with Crippen molar-refractivity contribution in [3.05, 3.63) is 85.3 Å². The summed E-state index contributed by atoms with van der Waals surface area (Å²) in [6, 6.07) is 22.3. The highest BCUT2D eigenvalue weighted by Crippen LogP contribution is 2.27. The van der Waals surface area contributed by atoms with Crippen molar-refractivity contribution in [1.29, 1.82) is 0 Å². The summed E-state index contributed by atoms with van der Waals surface area (Å²) in [5.74, 6) is 0. The minimum atomic E-state index is 0.765. The molecule has 0 unspecified atom stereocenters. The molecule has 0 saturated carbocycles. The fraction of sp³-hybridized carbons (Fsp3) is 0. The van der Waals surface area contributed by atoms with Crippen molar-refractivity contribution < 1.29 is 0 Å². The maximum Gasteiger partial charge on any atom is 0.137 e. The second-order valence-corrected chi connectivity index (χ2v) is 6.33. The summed E-state index contributed by atoms with van der Waals surface area (Å²) in [4.78, 5) is 9.15. The zero-order chi connectivity index (χ0) is 17.5. The minimum absolute atomic E-state index is 0.765. The number of pyridine rings is 2. The first-order valence-electron chi connectivity index (χ1n) is 8.46. The van der Waals surface area contributed by atoms with Crippen LogP contribution in [0.15, 0.2) is 85.3 Å². The Morgan fingerprint density at radius 1 is 0.731 bits per heavy atom. The molecule has 0 amide bonds. The molecule has 0 spiro atoms. The van der Waals surface area contributed by atoms with Gasteiger partial charge in [0.1, 0.15) is 5.65 Å².